The van der Waals surface area contributed by atoms with Gasteiger partial charge in [-0.3, -0.25) is 14.4 Å². The number of carbonyl (C=O) groups is 4. The molecule has 2 heterocycles. The smallest absolute Gasteiger partial charge is 0.481 e. The molecule has 4 N–H and O–H groups in total. The van der Waals surface area contributed by atoms with Crippen LogP contribution in [0.25, 0.3) is 0 Å². The summed E-state index contributed by atoms with van der Waals surface area (Å²) in [4.78, 5) is 45.7. The molecule has 1 aromatic carbocycles. The van der Waals surface area contributed by atoms with Crippen LogP contribution in [0.4, 0.5) is 18.9 Å². The molecule has 0 spiro atoms. The van der Waals surface area contributed by atoms with E-state index in [1.807, 2.05) is 6.07 Å². The molecule has 3 rings (SSSR count). The SMILES string of the molecule is O=C(O)C(F)(F)F.O=C(O)CCN1Cc2ccc(NC(=O)CCCC3CCNCC3)cc2C1=O. The number of carboxylic acids is 2. The Hall–Kier alpha value is -3.15. The van der Waals surface area contributed by atoms with E-state index in [4.69, 9.17) is 15.0 Å². The lowest BCUT2D eigenvalue weighted by molar-refractivity contribution is -0.192. The summed E-state index contributed by atoms with van der Waals surface area (Å²) in [6.07, 6.45) is -0.334. The normalized spacial score (nSPS) is 15.9. The molecule has 0 aliphatic carbocycles. The number of rotatable bonds is 8. The number of aliphatic carboxylic acids is 2. The zero-order valence-corrected chi connectivity index (χ0v) is 18.5. The van der Waals surface area contributed by atoms with Gasteiger partial charge >= 0.3 is 18.1 Å². The fourth-order valence-electron chi connectivity index (χ4n) is 3.80. The molecule has 2 aliphatic heterocycles. The van der Waals surface area contributed by atoms with Crippen molar-refractivity contribution in [1.82, 2.24) is 10.2 Å². The minimum Gasteiger partial charge on any atom is -0.481 e. The van der Waals surface area contributed by atoms with Crippen LogP contribution in [0.3, 0.4) is 0 Å². The molecular weight excluding hydrogens is 459 g/mol. The molecule has 1 fully saturated rings. The lowest BCUT2D eigenvalue weighted by Crippen LogP contribution is -2.27. The first-order valence-corrected chi connectivity index (χ1v) is 10.9. The summed E-state index contributed by atoms with van der Waals surface area (Å²) in [5, 5.41) is 22.1. The zero-order valence-electron chi connectivity index (χ0n) is 18.5. The van der Waals surface area contributed by atoms with Crippen LogP contribution in [0.5, 0.6) is 0 Å². The van der Waals surface area contributed by atoms with Gasteiger partial charge in [0, 0.05) is 30.8 Å². The Labute approximate surface area is 194 Å². The van der Waals surface area contributed by atoms with Gasteiger partial charge in [-0.05, 0) is 62.4 Å². The monoisotopic (exact) mass is 487 g/mol. The van der Waals surface area contributed by atoms with Crippen molar-refractivity contribution in [2.24, 2.45) is 5.92 Å². The van der Waals surface area contributed by atoms with Crippen molar-refractivity contribution in [3.8, 4) is 0 Å². The van der Waals surface area contributed by atoms with Gasteiger partial charge < -0.3 is 25.7 Å². The fraction of sp³-hybridized carbons (Fsp3) is 0.545. The highest BCUT2D eigenvalue weighted by Gasteiger charge is 2.38. The van der Waals surface area contributed by atoms with E-state index >= 15 is 0 Å². The van der Waals surface area contributed by atoms with Crippen molar-refractivity contribution in [2.45, 2.75) is 51.2 Å². The highest BCUT2D eigenvalue weighted by Crippen LogP contribution is 2.26. The third kappa shape index (κ3) is 8.65. The maximum Gasteiger partial charge on any atom is 0.490 e. The highest BCUT2D eigenvalue weighted by molar-refractivity contribution is 6.00. The number of alkyl halides is 3. The molecule has 9 nitrogen and oxygen atoms in total. The Balaban J connectivity index is 0.000000509. The van der Waals surface area contributed by atoms with Gasteiger partial charge in [0.05, 0.1) is 6.42 Å². The number of nitrogens with zero attached hydrogens (tertiary/aromatic N) is 1. The van der Waals surface area contributed by atoms with E-state index in [1.54, 1.807) is 12.1 Å². The number of carbonyl (C=O) groups excluding carboxylic acids is 2. The molecule has 1 aromatic rings. The summed E-state index contributed by atoms with van der Waals surface area (Å²) in [6.45, 7) is 2.76. The number of piperidine rings is 1. The number of nitrogens with one attached hydrogen (secondary N) is 2. The Morgan fingerprint density at radius 3 is 2.35 bits per heavy atom. The van der Waals surface area contributed by atoms with Crippen LogP contribution in [0, 0.1) is 5.92 Å². The zero-order chi connectivity index (χ0) is 25.3. The molecule has 0 unspecified atom stereocenters. The molecule has 0 atom stereocenters. The largest absolute Gasteiger partial charge is 0.490 e. The van der Waals surface area contributed by atoms with Crippen LogP contribution in [-0.2, 0) is 20.9 Å². The van der Waals surface area contributed by atoms with Gasteiger partial charge in [0.1, 0.15) is 0 Å². The number of halogens is 3. The first kappa shape index (κ1) is 27.1. The van der Waals surface area contributed by atoms with Crippen LogP contribution in [0.1, 0.15) is 54.4 Å². The lowest BCUT2D eigenvalue weighted by atomic mass is 9.92. The highest BCUT2D eigenvalue weighted by atomic mass is 19.4. The van der Waals surface area contributed by atoms with Gasteiger partial charge in [-0.15, -0.1) is 0 Å². The molecule has 0 saturated carbocycles. The van der Waals surface area contributed by atoms with Crippen LogP contribution < -0.4 is 10.6 Å². The van der Waals surface area contributed by atoms with Gasteiger partial charge in [-0.25, -0.2) is 4.79 Å². The summed E-state index contributed by atoms with van der Waals surface area (Å²) >= 11 is 0. The van der Waals surface area contributed by atoms with Crippen molar-refractivity contribution in [3.05, 3.63) is 29.3 Å². The van der Waals surface area contributed by atoms with Gasteiger partial charge in [0.2, 0.25) is 5.91 Å². The average Bonchev–Trinajstić information content (AvgIpc) is 3.08. The molecule has 12 heteroatoms. The molecule has 34 heavy (non-hydrogen) atoms. The topological polar surface area (TPSA) is 136 Å². The van der Waals surface area contributed by atoms with Gasteiger partial charge in [-0.2, -0.15) is 13.2 Å². The second-order valence-corrected chi connectivity index (χ2v) is 8.18. The van der Waals surface area contributed by atoms with Crippen LogP contribution >= 0.6 is 0 Å². The van der Waals surface area contributed by atoms with E-state index in [0.717, 1.165) is 31.5 Å². The maximum atomic E-state index is 12.4. The number of amides is 2. The van der Waals surface area contributed by atoms with Crippen molar-refractivity contribution in [3.63, 3.8) is 0 Å². The van der Waals surface area contributed by atoms with Crippen molar-refractivity contribution in [1.29, 1.82) is 0 Å². The minimum atomic E-state index is -5.08. The third-order valence-corrected chi connectivity index (χ3v) is 5.59. The van der Waals surface area contributed by atoms with E-state index in [9.17, 15) is 27.6 Å². The Bertz CT molecular complexity index is 900. The summed E-state index contributed by atoms with van der Waals surface area (Å²) in [7, 11) is 0. The van der Waals surface area contributed by atoms with E-state index in [2.05, 4.69) is 10.6 Å². The number of fused-ring (bicyclic) bond motifs is 1. The van der Waals surface area contributed by atoms with Gasteiger partial charge in [0.15, 0.2) is 0 Å². The maximum absolute atomic E-state index is 12.4. The van der Waals surface area contributed by atoms with E-state index in [1.165, 1.54) is 17.7 Å². The number of anilines is 1. The molecule has 2 amide bonds. The number of benzene rings is 1. The number of carboxylic acid groups (broad SMARTS) is 2. The lowest BCUT2D eigenvalue weighted by Gasteiger charge is -2.22. The summed E-state index contributed by atoms with van der Waals surface area (Å²) in [6, 6.07) is 5.33. The van der Waals surface area contributed by atoms with Crippen LogP contribution in [0.15, 0.2) is 18.2 Å². The van der Waals surface area contributed by atoms with E-state index in [0.29, 0.717) is 30.1 Å². The molecule has 2 aliphatic rings. The third-order valence-electron chi connectivity index (χ3n) is 5.59. The quantitative estimate of drug-likeness (QED) is 0.443. The van der Waals surface area contributed by atoms with Crippen molar-refractivity contribution < 1.29 is 42.6 Å². The Morgan fingerprint density at radius 2 is 1.76 bits per heavy atom. The second kappa shape index (κ2) is 12.4. The standard InChI is InChI=1S/C20H27N3O4.C2HF3O2/c24-18(3-1-2-14-6-9-21-10-7-14)22-16-5-4-15-13-23(11-8-19(25)26)20(27)17(15)12-16;3-2(4,5)1(6)7/h4-5,12,14,21H,1-3,6-11,13H2,(H,22,24)(H,25,26);(H,6,7). The molecule has 188 valence electrons. The Kier molecular flexibility index (Phi) is 9.84. The molecule has 0 aromatic heterocycles. The van der Waals surface area contributed by atoms with E-state index in [-0.39, 0.29) is 24.8 Å². The average molecular weight is 487 g/mol. The minimum absolute atomic E-state index is 0.0305. The molecule has 0 bridgehead atoms. The van der Waals surface area contributed by atoms with Crippen LogP contribution in [-0.4, -0.2) is 64.7 Å². The molecular formula is C22H28F3N3O6. The van der Waals surface area contributed by atoms with Crippen LogP contribution in [0.2, 0.25) is 0 Å². The molecule has 0 radical (unpaired) electrons. The van der Waals surface area contributed by atoms with Crippen molar-refractivity contribution in [2.75, 3.05) is 25.0 Å². The van der Waals surface area contributed by atoms with Gasteiger partial charge in [0.25, 0.3) is 5.91 Å². The Morgan fingerprint density at radius 1 is 1.12 bits per heavy atom. The number of hydrogen-bond donors (Lipinski definition) is 4. The summed E-state index contributed by atoms with van der Waals surface area (Å²) in [5.41, 5.74) is 2.04. The van der Waals surface area contributed by atoms with Gasteiger partial charge in [-0.1, -0.05) is 6.07 Å². The first-order chi connectivity index (χ1) is 16.0. The second-order valence-electron chi connectivity index (χ2n) is 8.18. The van der Waals surface area contributed by atoms with Crippen molar-refractivity contribution >= 4 is 29.4 Å². The first-order valence-electron chi connectivity index (χ1n) is 10.9. The van der Waals surface area contributed by atoms with E-state index < -0.39 is 18.1 Å². The molecule has 1 saturated heterocycles. The predicted octanol–water partition coefficient (Wildman–Crippen LogP) is 2.86. The predicted molar refractivity (Wildman–Crippen MR) is 115 cm³/mol. The summed E-state index contributed by atoms with van der Waals surface area (Å²) in [5.74, 6) is -3.16. The summed E-state index contributed by atoms with van der Waals surface area (Å²) < 4.78 is 31.7. The number of hydrogen-bond acceptors (Lipinski definition) is 5. The fourth-order valence-corrected chi connectivity index (χ4v) is 3.80.